The molecule has 0 radical (unpaired) electrons. The van der Waals surface area contributed by atoms with Crippen LogP contribution in [0, 0.1) is 17.5 Å². The second kappa shape index (κ2) is 6.41. The average Bonchev–Trinajstić information content (AvgIpc) is 2.46. The Hall–Kier alpha value is -2.36. The van der Waals surface area contributed by atoms with Gasteiger partial charge in [-0.1, -0.05) is 12.1 Å². The maximum absolute atomic E-state index is 13.6. The Labute approximate surface area is 127 Å². The van der Waals surface area contributed by atoms with Crippen molar-refractivity contribution in [2.24, 2.45) is 0 Å². The van der Waals surface area contributed by atoms with E-state index in [1.807, 2.05) is 0 Å². The van der Waals surface area contributed by atoms with Crippen molar-refractivity contribution in [2.75, 3.05) is 4.72 Å². The molecule has 124 valence electrons. The van der Waals surface area contributed by atoms with E-state index in [-0.39, 0.29) is 0 Å². The van der Waals surface area contributed by atoms with Crippen LogP contribution in [-0.2, 0) is 10.0 Å². The Balaban J connectivity index is 2.42. The van der Waals surface area contributed by atoms with Gasteiger partial charge in [-0.3, -0.25) is 4.72 Å². The molecule has 4 nitrogen and oxygen atoms in total. The van der Waals surface area contributed by atoms with E-state index >= 15 is 0 Å². The summed E-state index contributed by atoms with van der Waals surface area (Å²) in [6.45, 7) is -3.22. The number of hydrogen-bond acceptors (Lipinski definition) is 3. The SMILES string of the molecule is O=S(=O)(Nc1ccccc1OC(F)F)c1ccc(F)c(F)c1F. The van der Waals surface area contributed by atoms with E-state index in [9.17, 15) is 30.4 Å². The molecule has 1 N–H and O–H groups in total. The Morgan fingerprint density at radius 3 is 2.26 bits per heavy atom. The molecule has 0 spiro atoms. The second-order valence-corrected chi connectivity index (χ2v) is 5.80. The standard InChI is InChI=1S/C13H8F5NO3S/c14-7-5-6-10(12(16)11(7)15)23(20,21)19-8-3-1-2-4-9(8)22-13(17)18/h1-6,13,19H. The van der Waals surface area contributed by atoms with Gasteiger partial charge in [0.15, 0.2) is 17.5 Å². The Morgan fingerprint density at radius 1 is 0.957 bits per heavy atom. The summed E-state index contributed by atoms with van der Waals surface area (Å²) in [6.07, 6.45) is 0. The van der Waals surface area contributed by atoms with Crippen LogP contribution >= 0.6 is 0 Å². The van der Waals surface area contributed by atoms with E-state index in [4.69, 9.17) is 0 Å². The second-order valence-electron chi connectivity index (χ2n) is 4.15. The van der Waals surface area contributed by atoms with Gasteiger partial charge in [-0.05, 0) is 24.3 Å². The molecule has 0 fully saturated rings. The van der Waals surface area contributed by atoms with Crippen LogP contribution in [0.1, 0.15) is 0 Å². The molecule has 0 unspecified atom stereocenters. The zero-order chi connectivity index (χ0) is 17.2. The molecular weight excluding hydrogens is 345 g/mol. The predicted octanol–water partition coefficient (Wildman–Crippen LogP) is 3.51. The van der Waals surface area contributed by atoms with E-state index in [2.05, 4.69) is 4.74 Å². The first-order valence-corrected chi connectivity index (χ1v) is 7.41. The van der Waals surface area contributed by atoms with Crippen LogP contribution in [0.25, 0.3) is 0 Å². The van der Waals surface area contributed by atoms with Crippen molar-refractivity contribution < 1.29 is 35.1 Å². The summed E-state index contributed by atoms with van der Waals surface area (Å²) in [6, 6.07) is 5.66. The fraction of sp³-hybridized carbons (Fsp3) is 0.0769. The lowest BCUT2D eigenvalue weighted by atomic mass is 10.3. The summed E-state index contributed by atoms with van der Waals surface area (Å²) < 4.78 is 94.1. The van der Waals surface area contributed by atoms with Crippen molar-refractivity contribution in [3.63, 3.8) is 0 Å². The van der Waals surface area contributed by atoms with Gasteiger partial charge in [-0.2, -0.15) is 8.78 Å². The summed E-state index contributed by atoms with van der Waals surface area (Å²) in [5, 5.41) is 0. The van der Waals surface area contributed by atoms with Gasteiger partial charge in [-0.15, -0.1) is 0 Å². The highest BCUT2D eigenvalue weighted by Crippen LogP contribution is 2.29. The number of halogens is 5. The molecule has 0 aliphatic rings. The molecule has 0 bridgehead atoms. The summed E-state index contributed by atoms with van der Waals surface area (Å²) in [5.74, 6) is -5.98. The van der Waals surface area contributed by atoms with Gasteiger partial charge in [0.2, 0.25) is 0 Å². The fourth-order valence-electron chi connectivity index (χ4n) is 1.67. The average molecular weight is 353 g/mol. The molecule has 0 amide bonds. The topological polar surface area (TPSA) is 55.4 Å². The van der Waals surface area contributed by atoms with Crippen molar-refractivity contribution in [3.8, 4) is 5.75 Å². The van der Waals surface area contributed by atoms with Crippen LogP contribution in [0.3, 0.4) is 0 Å². The first kappa shape index (κ1) is 17.0. The molecule has 0 saturated carbocycles. The number of para-hydroxylation sites is 2. The quantitative estimate of drug-likeness (QED) is 0.661. The molecule has 2 aromatic carbocycles. The van der Waals surface area contributed by atoms with Gasteiger partial charge in [-0.25, -0.2) is 21.6 Å². The fourth-order valence-corrected chi connectivity index (χ4v) is 2.81. The Kier molecular flexibility index (Phi) is 4.73. The van der Waals surface area contributed by atoms with Crippen LogP contribution in [0.15, 0.2) is 41.3 Å². The largest absolute Gasteiger partial charge is 0.433 e. The Bertz CT molecular complexity index is 826. The van der Waals surface area contributed by atoms with E-state index in [1.54, 1.807) is 4.72 Å². The summed E-state index contributed by atoms with van der Waals surface area (Å²) in [7, 11) is -4.70. The minimum Gasteiger partial charge on any atom is -0.433 e. The highest BCUT2D eigenvalue weighted by Gasteiger charge is 2.25. The first-order chi connectivity index (χ1) is 10.7. The number of nitrogens with one attached hydrogen (secondary N) is 1. The van der Waals surface area contributed by atoms with Gasteiger partial charge in [0.25, 0.3) is 10.0 Å². The number of benzene rings is 2. The highest BCUT2D eigenvalue weighted by molar-refractivity contribution is 7.92. The number of hydrogen-bond donors (Lipinski definition) is 1. The van der Waals surface area contributed by atoms with E-state index in [0.29, 0.717) is 12.1 Å². The lowest BCUT2D eigenvalue weighted by Crippen LogP contribution is -2.17. The van der Waals surface area contributed by atoms with Crippen molar-refractivity contribution in [3.05, 3.63) is 53.8 Å². The lowest BCUT2D eigenvalue weighted by Gasteiger charge is -2.13. The molecule has 2 rings (SSSR count). The monoisotopic (exact) mass is 353 g/mol. The molecule has 0 saturated heterocycles. The maximum atomic E-state index is 13.6. The third kappa shape index (κ3) is 3.70. The van der Waals surface area contributed by atoms with E-state index in [0.717, 1.165) is 12.1 Å². The van der Waals surface area contributed by atoms with Crippen molar-refractivity contribution >= 4 is 15.7 Å². The van der Waals surface area contributed by atoms with Gasteiger partial charge < -0.3 is 4.74 Å². The summed E-state index contributed by atoms with van der Waals surface area (Å²) in [4.78, 5) is -1.18. The molecule has 0 aliphatic carbocycles. The van der Waals surface area contributed by atoms with Gasteiger partial charge in [0, 0.05) is 0 Å². The highest BCUT2D eigenvalue weighted by atomic mass is 32.2. The molecule has 2 aromatic rings. The summed E-state index contributed by atoms with van der Waals surface area (Å²) >= 11 is 0. The molecule has 0 aromatic heterocycles. The van der Waals surface area contributed by atoms with Gasteiger partial charge in [0.05, 0.1) is 5.69 Å². The minimum absolute atomic E-state index is 0.420. The molecular formula is C13H8F5NO3S. The van der Waals surface area contributed by atoms with Crippen molar-refractivity contribution in [2.45, 2.75) is 11.5 Å². The molecule has 0 atom stereocenters. The smallest absolute Gasteiger partial charge is 0.387 e. The van der Waals surface area contributed by atoms with Crippen molar-refractivity contribution in [1.29, 1.82) is 0 Å². The van der Waals surface area contributed by atoms with Crippen LogP contribution in [0.5, 0.6) is 5.75 Å². The van der Waals surface area contributed by atoms with Crippen LogP contribution in [-0.4, -0.2) is 15.0 Å². The molecule has 23 heavy (non-hydrogen) atoms. The number of sulfonamides is 1. The van der Waals surface area contributed by atoms with Crippen LogP contribution < -0.4 is 9.46 Å². The maximum Gasteiger partial charge on any atom is 0.387 e. The number of alkyl halides is 2. The zero-order valence-electron chi connectivity index (χ0n) is 11.1. The number of ether oxygens (including phenoxy) is 1. The molecule has 0 aliphatic heterocycles. The third-order valence-corrected chi connectivity index (χ3v) is 4.02. The number of anilines is 1. The van der Waals surface area contributed by atoms with E-state index in [1.165, 1.54) is 12.1 Å². The third-order valence-electron chi connectivity index (χ3n) is 2.64. The Morgan fingerprint density at radius 2 is 1.61 bits per heavy atom. The summed E-state index contributed by atoms with van der Waals surface area (Å²) in [5.41, 5.74) is -0.420. The zero-order valence-corrected chi connectivity index (χ0v) is 11.9. The lowest BCUT2D eigenvalue weighted by molar-refractivity contribution is -0.0493. The van der Waals surface area contributed by atoms with Gasteiger partial charge >= 0.3 is 6.61 Å². The number of rotatable bonds is 5. The van der Waals surface area contributed by atoms with Crippen LogP contribution in [0.4, 0.5) is 27.6 Å². The predicted molar refractivity (Wildman–Crippen MR) is 70.2 cm³/mol. The normalized spacial score (nSPS) is 11.6. The first-order valence-electron chi connectivity index (χ1n) is 5.92. The van der Waals surface area contributed by atoms with Crippen LogP contribution in [0.2, 0.25) is 0 Å². The minimum atomic E-state index is -4.70. The van der Waals surface area contributed by atoms with Crippen molar-refractivity contribution in [1.82, 2.24) is 0 Å². The van der Waals surface area contributed by atoms with E-state index < -0.39 is 50.4 Å². The molecule has 10 heteroatoms. The molecule has 0 heterocycles. The van der Waals surface area contributed by atoms with Gasteiger partial charge in [0.1, 0.15) is 10.6 Å².